The number of benzene rings is 1. The molecule has 4 N–H and O–H groups in total. The average molecular weight is 580 g/mol. The highest BCUT2D eigenvalue weighted by atomic mass is 16.5. The third-order valence-corrected chi connectivity index (χ3v) is 9.55. The van der Waals surface area contributed by atoms with Crippen LogP contribution in [-0.4, -0.2) is 90.3 Å². The van der Waals surface area contributed by atoms with Gasteiger partial charge in [-0.2, -0.15) is 4.98 Å². The molecular weight excluding hydrogens is 534 g/mol. The van der Waals surface area contributed by atoms with Gasteiger partial charge in [0.2, 0.25) is 5.91 Å². The number of hydrogen-bond acceptors (Lipinski definition) is 9. The smallest absolute Gasteiger partial charge is 0.350 e. The minimum absolute atomic E-state index is 0.113. The van der Waals surface area contributed by atoms with Crippen LogP contribution in [0.15, 0.2) is 29.2 Å². The van der Waals surface area contributed by atoms with Crippen LogP contribution in [0.3, 0.4) is 0 Å². The normalized spacial score (nSPS) is 23.4. The van der Waals surface area contributed by atoms with Gasteiger partial charge in [0.15, 0.2) is 17.3 Å². The summed E-state index contributed by atoms with van der Waals surface area (Å²) in [4.78, 5) is 34.9. The second-order valence-electron chi connectivity index (χ2n) is 12.3. The van der Waals surface area contributed by atoms with E-state index in [0.717, 1.165) is 89.0 Å². The molecule has 3 aliphatic heterocycles. The predicted molar refractivity (Wildman–Crippen MR) is 162 cm³/mol. The van der Waals surface area contributed by atoms with Gasteiger partial charge in [-0.25, -0.2) is 4.79 Å². The first-order valence-electron chi connectivity index (χ1n) is 15.7. The van der Waals surface area contributed by atoms with E-state index in [4.69, 9.17) is 15.2 Å². The van der Waals surface area contributed by atoms with Crippen LogP contribution in [0, 0.1) is 0 Å². The lowest BCUT2D eigenvalue weighted by molar-refractivity contribution is -0.136. The van der Waals surface area contributed by atoms with Crippen LogP contribution in [0.5, 0.6) is 11.5 Å². The molecule has 0 spiro atoms. The molecule has 4 heterocycles. The van der Waals surface area contributed by atoms with Crippen molar-refractivity contribution in [1.82, 2.24) is 24.7 Å². The molecule has 1 aromatic heterocycles. The van der Waals surface area contributed by atoms with Gasteiger partial charge in [0.25, 0.3) is 0 Å². The maximum Gasteiger partial charge on any atom is 0.350 e. The second-order valence-corrected chi connectivity index (χ2v) is 12.3. The van der Waals surface area contributed by atoms with E-state index in [2.05, 4.69) is 37.6 Å². The van der Waals surface area contributed by atoms with Gasteiger partial charge in [0, 0.05) is 31.8 Å². The zero-order chi connectivity index (χ0) is 29.1. The summed E-state index contributed by atoms with van der Waals surface area (Å²) in [5, 5.41) is 6.74. The van der Waals surface area contributed by atoms with Crippen LogP contribution in [0.2, 0.25) is 0 Å². The van der Waals surface area contributed by atoms with Gasteiger partial charge in [-0.3, -0.25) is 14.3 Å². The second kappa shape index (κ2) is 13.1. The molecule has 2 saturated heterocycles. The Morgan fingerprint density at radius 3 is 2.60 bits per heavy atom. The quantitative estimate of drug-likeness (QED) is 0.369. The van der Waals surface area contributed by atoms with Crippen molar-refractivity contribution in [3.63, 3.8) is 0 Å². The zero-order valence-corrected chi connectivity index (χ0v) is 24.7. The van der Waals surface area contributed by atoms with E-state index in [1.807, 2.05) is 6.07 Å². The van der Waals surface area contributed by atoms with Crippen molar-refractivity contribution in [1.29, 1.82) is 0 Å². The summed E-state index contributed by atoms with van der Waals surface area (Å²) in [5.74, 6) is 2.39. The average Bonchev–Trinajstić information content (AvgIpc) is 3.01. The highest BCUT2D eigenvalue weighted by Gasteiger charge is 2.30. The molecule has 1 saturated carbocycles. The van der Waals surface area contributed by atoms with Crippen LogP contribution >= 0.6 is 0 Å². The van der Waals surface area contributed by atoms with Gasteiger partial charge in [-0.05, 0) is 101 Å². The number of amides is 1. The van der Waals surface area contributed by atoms with E-state index in [-0.39, 0.29) is 23.7 Å². The Hall–Kier alpha value is -2.99. The predicted octanol–water partition coefficient (Wildman–Crippen LogP) is 2.94. The van der Waals surface area contributed by atoms with Gasteiger partial charge < -0.3 is 30.7 Å². The molecule has 1 aliphatic carbocycles. The van der Waals surface area contributed by atoms with E-state index in [1.165, 1.54) is 5.56 Å². The summed E-state index contributed by atoms with van der Waals surface area (Å²) in [7, 11) is 1.69. The SMILES string of the molecule is COCCN(C(=O)CN1CCC(c2ccc3c(c2)Nc2nc(=O)n([C@H]4CC[C@H](N)CC4)cc2O3)CC1)C1CCNCC1. The van der Waals surface area contributed by atoms with Gasteiger partial charge in [-0.1, -0.05) is 6.07 Å². The third kappa shape index (κ3) is 6.49. The number of fused-ring (bicyclic) bond motifs is 2. The summed E-state index contributed by atoms with van der Waals surface area (Å²) in [6.07, 6.45) is 9.37. The van der Waals surface area contributed by atoms with Crippen molar-refractivity contribution in [2.24, 2.45) is 5.73 Å². The van der Waals surface area contributed by atoms with Crippen LogP contribution < -0.4 is 26.8 Å². The monoisotopic (exact) mass is 579 g/mol. The van der Waals surface area contributed by atoms with E-state index in [9.17, 15) is 9.59 Å². The third-order valence-electron chi connectivity index (χ3n) is 9.55. The van der Waals surface area contributed by atoms with Crippen molar-refractivity contribution in [3.8, 4) is 11.5 Å². The number of ether oxygens (including phenoxy) is 2. The lowest BCUT2D eigenvalue weighted by atomic mass is 9.89. The number of nitrogens with two attached hydrogens (primary N) is 1. The highest BCUT2D eigenvalue weighted by molar-refractivity contribution is 5.78. The number of aromatic nitrogens is 2. The van der Waals surface area contributed by atoms with E-state index < -0.39 is 0 Å². The number of carbonyl (C=O) groups is 1. The number of piperidine rings is 2. The Balaban J connectivity index is 1.06. The molecule has 3 fully saturated rings. The molecule has 42 heavy (non-hydrogen) atoms. The fourth-order valence-electron chi connectivity index (χ4n) is 7.02. The first-order chi connectivity index (χ1) is 20.5. The summed E-state index contributed by atoms with van der Waals surface area (Å²) in [6, 6.07) is 6.91. The van der Waals surface area contributed by atoms with Crippen molar-refractivity contribution < 1.29 is 14.3 Å². The molecule has 4 aliphatic rings. The Kier molecular flexibility index (Phi) is 9.09. The number of methoxy groups -OCH3 is 1. The number of rotatable bonds is 8. The van der Waals surface area contributed by atoms with Crippen LogP contribution in [0.4, 0.5) is 11.5 Å². The molecule has 1 amide bonds. The Bertz CT molecular complexity index is 1290. The molecule has 228 valence electrons. The molecule has 1 aromatic carbocycles. The van der Waals surface area contributed by atoms with Crippen LogP contribution in [0.25, 0.3) is 0 Å². The summed E-state index contributed by atoms with van der Waals surface area (Å²) in [6.45, 7) is 5.39. The molecule has 11 heteroatoms. The topological polar surface area (TPSA) is 127 Å². The van der Waals surface area contributed by atoms with E-state index in [1.54, 1.807) is 17.9 Å². The molecule has 2 aromatic rings. The first kappa shape index (κ1) is 29.1. The fourth-order valence-corrected chi connectivity index (χ4v) is 7.02. The summed E-state index contributed by atoms with van der Waals surface area (Å²) < 4.78 is 13.2. The Labute approximate surface area is 247 Å². The lowest BCUT2D eigenvalue weighted by Crippen LogP contribution is -2.51. The number of carbonyl (C=O) groups excluding carboxylic acids is 1. The van der Waals surface area contributed by atoms with Crippen LogP contribution in [-0.2, 0) is 9.53 Å². The maximum atomic E-state index is 13.3. The number of nitrogens with one attached hydrogen (secondary N) is 2. The molecule has 0 radical (unpaired) electrons. The van der Waals surface area contributed by atoms with Gasteiger partial charge >= 0.3 is 5.69 Å². The highest BCUT2D eigenvalue weighted by Crippen LogP contribution is 2.43. The van der Waals surface area contributed by atoms with Crippen LogP contribution in [0.1, 0.15) is 68.9 Å². The number of anilines is 2. The fraction of sp³-hybridized carbons (Fsp3) is 0.645. The van der Waals surface area contributed by atoms with Crippen molar-refractivity contribution in [3.05, 3.63) is 40.4 Å². The zero-order valence-electron chi connectivity index (χ0n) is 24.7. The largest absolute Gasteiger partial charge is 0.450 e. The molecule has 0 atom stereocenters. The minimum atomic E-state index is -0.257. The Morgan fingerprint density at radius 1 is 1.10 bits per heavy atom. The molecular formula is C31H45N7O4. The maximum absolute atomic E-state index is 13.3. The molecule has 0 bridgehead atoms. The van der Waals surface area contributed by atoms with Crippen molar-refractivity contribution >= 4 is 17.4 Å². The van der Waals surface area contributed by atoms with Crippen molar-refractivity contribution in [2.45, 2.75) is 75.4 Å². The number of nitrogens with zero attached hydrogens (tertiary/aromatic N) is 4. The lowest BCUT2D eigenvalue weighted by Gasteiger charge is -2.37. The summed E-state index contributed by atoms with van der Waals surface area (Å²) >= 11 is 0. The molecule has 6 rings (SSSR count). The summed E-state index contributed by atoms with van der Waals surface area (Å²) in [5.41, 5.74) is 7.88. The standard InChI is InChI=1S/C31H45N7O4/c1-41-17-16-37(25-8-12-33-13-9-25)29(39)20-36-14-10-21(11-15-36)22-2-7-27-26(18-22)34-30-28(42-27)19-38(31(40)35-30)24-5-3-23(32)4-6-24/h2,7,18-19,21,23-25,33H,3-6,8-17,20,32H2,1H3,(H,34,35,40)/t23-,24-. The molecule has 11 nitrogen and oxygen atoms in total. The van der Waals surface area contributed by atoms with Gasteiger partial charge in [-0.15, -0.1) is 0 Å². The first-order valence-corrected chi connectivity index (χ1v) is 15.7. The Morgan fingerprint density at radius 2 is 1.86 bits per heavy atom. The van der Waals surface area contributed by atoms with E-state index in [0.29, 0.717) is 43.2 Å². The molecule has 0 unspecified atom stereocenters. The van der Waals surface area contributed by atoms with Gasteiger partial charge in [0.1, 0.15) is 0 Å². The number of likely N-dealkylation sites (tertiary alicyclic amines) is 1. The van der Waals surface area contributed by atoms with E-state index >= 15 is 0 Å². The minimum Gasteiger partial charge on any atom is -0.450 e. The number of hydrogen-bond donors (Lipinski definition) is 3. The van der Waals surface area contributed by atoms with Crippen molar-refractivity contribution in [2.75, 3.05) is 58.3 Å². The van der Waals surface area contributed by atoms with Gasteiger partial charge in [0.05, 0.1) is 25.0 Å².